The summed E-state index contributed by atoms with van der Waals surface area (Å²) < 4.78 is 15.0. The first-order chi connectivity index (χ1) is 15.3. The number of benzene rings is 2. The van der Waals surface area contributed by atoms with Gasteiger partial charge in [0, 0.05) is 46.3 Å². The number of hydrogen-bond donors (Lipinski definition) is 0. The van der Waals surface area contributed by atoms with E-state index in [1.165, 1.54) is 33.4 Å². The van der Waals surface area contributed by atoms with Crippen LogP contribution in [0.2, 0.25) is 6.04 Å². The molecule has 4 rings (SSSR count). The molecule has 0 unspecified atom stereocenters. The Labute approximate surface area is 216 Å². The third-order valence-corrected chi connectivity index (χ3v) is 8.41. The normalized spacial score (nSPS) is 14.3. The van der Waals surface area contributed by atoms with Gasteiger partial charge in [-0.1, -0.05) is 85.5 Å². The Kier molecular flexibility index (Phi) is 9.78. The Morgan fingerprint density at radius 3 is 1.88 bits per heavy atom. The first-order valence-electron chi connectivity index (χ1n) is 11.4. The molecule has 0 amide bonds. The molecule has 2 aliphatic rings. The molecule has 33 heavy (non-hydrogen) atoms. The predicted molar refractivity (Wildman–Crippen MR) is 139 cm³/mol. The molecule has 0 aromatic heterocycles. The fraction of sp³-hybridized carbons (Fsp3) is 0.310. The molecule has 170 valence electrons. The zero-order valence-corrected chi connectivity index (χ0v) is 23.1. The van der Waals surface area contributed by atoms with Gasteiger partial charge >= 0.3 is 8.84 Å². The fourth-order valence-corrected chi connectivity index (χ4v) is 5.83. The Hall–Kier alpha value is -2.07. The van der Waals surface area contributed by atoms with Gasteiger partial charge in [-0.3, -0.25) is 0 Å². The van der Waals surface area contributed by atoms with Crippen LogP contribution in [0.15, 0.2) is 85.5 Å². The van der Waals surface area contributed by atoms with Gasteiger partial charge in [0.15, 0.2) is 0 Å². The molecule has 0 spiro atoms. The molecule has 0 saturated carbocycles. The van der Waals surface area contributed by atoms with Gasteiger partial charge in [0.2, 0.25) is 0 Å². The number of nitrogens with zero attached hydrogens (tertiary/aromatic N) is 1. The topological polar surface area (TPSA) is 20.3 Å². The summed E-state index contributed by atoms with van der Waals surface area (Å²) >= 11 is 0. The van der Waals surface area contributed by atoms with E-state index in [2.05, 4.69) is 88.0 Å². The van der Waals surface area contributed by atoms with E-state index in [9.17, 15) is 4.46 Å². The Morgan fingerprint density at radius 1 is 1.00 bits per heavy atom. The maximum atomic E-state index is 13.0. The van der Waals surface area contributed by atoms with Gasteiger partial charge in [-0.2, -0.15) is 0 Å². The van der Waals surface area contributed by atoms with Crippen LogP contribution in [0.25, 0.3) is 11.1 Å². The molecule has 4 heteroatoms. The number of rotatable bonds is 4. The molecule has 2 aromatic carbocycles. The zero-order chi connectivity index (χ0) is 23.3. The monoisotopic (exact) mass is 489 g/mol. The SMILES string of the molecule is C=CC=CC.CN([Si](=O)CC1C=C2C(=C1)c1ccccc1Cc1ccccc12)C(C)(C)C.[Ti]. The van der Waals surface area contributed by atoms with Crippen LogP contribution in [-0.2, 0) is 32.6 Å². The third-order valence-electron chi connectivity index (χ3n) is 6.17. The minimum Gasteiger partial charge on any atom is -0.375 e. The van der Waals surface area contributed by atoms with Gasteiger partial charge in [0.25, 0.3) is 0 Å². The quantitative estimate of drug-likeness (QED) is 0.338. The molecule has 2 aliphatic carbocycles. The minimum atomic E-state index is -1.82. The summed E-state index contributed by atoms with van der Waals surface area (Å²) in [5.41, 5.74) is 7.96. The van der Waals surface area contributed by atoms with Crippen molar-refractivity contribution in [3.8, 4) is 0 Å². The van der Waals surface area contributed by atoms with Crippen LogP contribution < -0.4 is 0 Å². The molecule has 0 aliphatic heterocycles. The van der Waals surface area contributed by atoms with Gasteiger partial charge in [-0.05, 0) is 67.5 Å². The van der Waals surface area contributed by atoms with Crippen molar-refractivity contribution in [2.45, 2.75) is 45.7 Å². The van der Waals surface area contributed by atoms with Crippen LogP contribution in [0.5, 0.6) is 0 Å². The van der Waals surface area contributed by atoms with Crippen molar-refractivity contribution >= 4 is 20.0 Å². The molecular formula is C29H35NOSiTi. The smallest absolute Gasteiger partial charge is 0.375 e. The van der Waals surface area contributed by atoms with E-state index in [1.54, 1.807) is 6.08 Å². The fourth-order valence-electron chi connectivity index (χ4n) is 4.17. The molecule has 0 N–H and O–H groups in total. The summed E-state index contributed by atoms with van der Waals surface area (Å²) in [6, 6.07) is 18.1. The minimum absolute atomic E-state index is 0. The summed E-state index contributed by atoms with van der Waals surface area (Å²) in [7, 11) is 0.167. The van der Waals surface area contributed by atoms with Gasteiger partial charge in [-0.25, -0.2) is 0 Å². The molecule has 0 saturated heterocycles. The number of fused-ring (bicyclic) bond motifs is 5. The standard InChI is InChI=1S/C24H27NOSi.C5H8.Ti/c1-24(2,3)25(4)27(26)16-17-13-22-20-11-7-5-9-18(20)15-19-10-6-8-12-21(19)23(22)14-17;1-3-5-4-2;/h5-14,17H,15-16H2,1-4H3;3-5H,1H2,2H3;. The average molecular weight is 490 g/mol. The second-order valence-corrected chi connectivity index (χ2v) is 11.3. The largest absolute Gasteiger partial charge is 0.395 e. The van der Waals surface area contributed by atoms with Gasteiger partial charge in [0.1, 0.15) is 0 Å². The molecule has 2 aromatic rings. The molecule has 0 radical (unpaired) electrons. The van der Waals surface area contributed by atoms with Crippen LogP contribution in [0.3, 0.4) is 0 Å². The summed E-state index contributed by atoms with van der Waals surface area (Å²) in [6.45, 7) is 11.8. The van der Waals surface area contributed by atoms with Crippen molar-refractivity contribution in [3.05, 3.63) is 108 Å². The van der Waals surface area contributed by atoms with E-state index >= 15 is 0 Å². The van der Waals surface area contributed by atoms with Gasteiger partial charge in [0.05, 0.1) is 0 Å². The van der Waals surface area contributed by atoms with Crippen molar-refractivity contribution in [3.63, 3.8) is 0 Å². The predicted octanol–water partition coefficient (Wildman–Crippen LogP) is 7.08. The Balaban J connectivity index is 0.000000583. The molecule has 0 fully saturated rings. The zero-order valence-electron chi connectivity index (χ0n) is 20.6. The van der Waals surface area contributed by atoms with Crippen LogP contribution in [-0.4, -0.2) is 26.0 Å². The summed E-state index contributed by atoms with van der Waals surface area (Å²) in [5, 5.41) is 0. The van der Waals surface area contributed by atoms with Gasteiger partial charge in [-0.15, -0.1) is 0 Å². The van der Waals surface area contributed by atoms with Crippen molar-refractivity contribution in [2.75, 3.05) is 7.05 Å². The van der Waals surface area contributed by atoms with Crippen LogP contribution >= 0.6 is 0 Å². The number of allylic oxidation sites excluding steroid dienone is 7. The molecular weight excluding hydrogens is 454 g/mol. The van der Waals surface area contributed by atoms with Crippen molar-refractivity contribution in [1.29, 1.82) is 0 Å². The van der Waals surface area contributed by atoms with Crippen LogP contribution in [0.4, 0.5) is 0 Å². The van der Waals surface area contributed by atoms with E-state index in [-0.39, 0.29) is 33.2 Å². The Bertz CT molecular complexity index is 1030. The third kappa shape index (κ3) is 6.50. The summed E-state index contributed by atoms with van der Waals surface area (Å²) in [6.07, 6.45) is 11.2. The second-order valence-electron chi connectivity index (χ2n) is 9.40. The molecule has 0 bridgehead atoms. The van der Waals surface area contributed by atoms with Gasteiger partial charge < -0.3 is 9.03 Å². The van der Waals surface area contributed by atoms with Crippen molar-refractivity contribution in [2.24, 2.45) is 5.92 Å². The van der Waals surface area contributed by atoms with Crippen LogP contribution in [0, 0.1) is 5.92 Å². The maximum Gasteiger partial charge on any atom is 0.395 e. The molecule has 2 nitrogen and oxygen atoms in total. The van der Waals surface area contributed by atoms with E-state index in [0.29, 0.717) is 6.04 Å². The summed E-state index contributed by atoms with van der Waals surface area (Å²) in [5.74, 6) is 0.227. The van der Waals surface area contributed by atoms with Crippen molar-refractivity contribution in [1.82, 2.24) is 4.57 Å². The van der Waals surface area contributed by atoms with E-state index in [1.807, 2.05) is 30.7 Å². The van der Waals surface area contributed by atoms with E-state index in [4.69, 9.17) is 0 Å². The van der Waals surface area contributed by atoms with E-state index in [0.717, 1.165) is 6.42 Å². The van der Waals surface area contributed by atoms with Crippen LogP contribution in [0.1, 0.15) is 49.9 Å². The maximum absolute atomic E-state index is 13.0. The first-order valence-corrected chi connectivity index (χ1v) is 12.9. The molecule has 0 atom stereocenters. The molecule has 0 heterocycles. The van der Waals surface area contributed by atoms with Crippen molar-refractivity contribution < 1.29 is 26.2 Å². The average Bonchev–Trinajstić information content (AvgIpc) is 3.12. The number of hydrogen-bond acceptors (Lipinski definition) is 1. The Morgan fingerprint density at radius 2 is 1.48 bits per heavy atom. The summed E-state index contributed by atoms with van der Waals surface area (Å²) in [4.78, 5) is 0. The van der Waals surface area contributed by atoms with E-state index < -0.39 is 8.84 Å². The first kappa shape index (κ1) is 27.2. The second kappa shape index (κ2) is 11.9.